The van der Waals surface area contributed by atoms with Crippen LogP contribution < -0.4 is 5.32 Å². The van der Waals surface area contributed by atoms with Crippen LogP contribution in [0, 0.1) is 5.92 Å². The van der Waals surface area contributed by atoms with Crippen LogP contribution >= 0.6 is 0 Å². The molecule has 4 atom stereocenters. The van der Waals surface area contributed by atoms with Crippen molar-refractivity contribution in [1.29, 1.82) is 0 Å². The predicted octanol–water partition coefficient (Wildman–Crippen LogP) is 7.18. The van der Waals surface area contributed by atoms with Crippen molar-refractivity contribution in [3.63, 3.8) is 0 Å². The van der Waals surface area contributed by atoms with Crippen LogP contribution in [0.4, 0.5) is 4.79 Å². The molecule has 10 heteroatoms. The monoisotopic (exact) mass is 633 g/mol. The number of carbonyl (C=O) groups excluding carboxylic acids is 1. The second-order valence-electron chi connectivity index (χ2n) is 14.2. The number of alkyl carbamates (subject to hydrolysis) is 1. The van der Waals surface area contributed by atoms with E-state index in [1.54, 1.807) is 0 Å². The first-order valence-electron chi connectivity index (χ1n) is 15.7. The zero-order valence-corrected chi connectivity index (χ0v) is 28.8. The van der Waals surface area contributed by atoms with Gasteiger partial charge in [0.15, 0.2) is 0 Å². The van der Waals surface area contributed by atoms with Crippen molar-refractivity contribution in [2.24, 2.45) is 5.92 Å². The number of allylic oxidation sites excluding steroid dienone is 2. The fourth-order valence-corrected chi connectivity index (χ4v) is 7.49. The summed E-state index contributed by atoms with van der Waals surface area (Å²) >= 11 is 0. The first-order chi connectivity index (χ1) is 21.0. The Balaban J connectivity index is 1.68. The number of benzene rings is 2. The smallest absolute Gasteiger partial charge is 0.480 e. The Hall–Kier alpha value is -3.18. The molecule has 2 aliphatic rings. The topological polar surface area (TPSA) is 103 Å². The molecule has 0 saturated carbocycles. The van der Waals surface area contributed by atoms with Gasteiger partial charge in [-0.05, 0) is 56.3 Å². The van der Waals surface area contributed by atoms with E-state index in [9.17, 15) is 14.7 Å². The minimum absolute atomic E-state index is 0.0357. The molecule has 1 aliphatic carbocycles. The zero-order chi connectivity index (χ0) is 33.0. The minimum Gasteiger partial charge on any atom is -0.480 e. The molecule has 1 heterocycles. The second kappa shape index (κ2) is 13.7. The lowest BCUT2D eigenvalue weighted by Crippen LogP contribution is -2.53. The highest BCUT2D eigenvalue weighted by Gasteiger charge is 2.55. The average Bonchev–Trinajstić information content (AvgIpc) is 3.21. The third-order valence-electron chi connectivity index (χ3n) is 9.63. The van der Waals surface area contributed by atoms with E-state index < -0.39 is 56.0 Å². The maximum atomic E-state index is 12.9. The Bertz CT molecular complexity index is 1370. The number of aliphatic carboxylic acids is 1. The third kappa shape index (κ3) is 8.16. The number of hydrogen-bond donors (Lipinski definition) is 2. The molecule has 4 unspecified atom stereocenters. The lowest BCUT2D eigenvalue weighted by atomic mass is 9.67. The van der Waals surface area contributed by atoms with Crippen molar-refractivity contribution in [3.05, 3.63) is 95.5 Å². The van der Waals surface area contributed by atoms with E-state index in [4.69, 9.17) is 18.8 Å². The van der Waals surface area contributed by atoms with Crippen LogP contribution in [0.2, 0.25) is 25.2 Å². The lowest BCUT2D eigenvalue weighted by Gasteiger charge is -2.48. The van der Waals surface area contributed by atoms with Crippen LogP contribution in [0.3, 0.4) is 0 Å². The molecule has 0 spiro atoms. The van der Waals surface area contributed by atoms with E-state index in [1.165, 1.54) is 0 Å². The van der Waals surface area contributed by atoms with Crippen LogP contribution in [-0.4, -0.2) is 55.2 Å². The number of ether oxygens (including phenoxy) is 2. The highest BCUT2D eigenvalue weighted by molar-refractivity contribution is 6.77. The van der Waals surface area contributed by atoms with E-state index in [0.29, 0.717) is 6.61 Å². The molecular weight excluding hydrogens is 585 g/mol. The predicted molar refractivity (Wildman–Crippen MR) is 179 cm³/mol. The molecule has 242 valence electrons. The lowest BCUT2D eigenvalue weighted by molar-refractivity contribution is -0.140. The first kappa shape index (κ1) is 34.7. The molecular formula is C35H48BNO7Si. The maximum absolute atomic E-state index is 12.9. The van der Waals surface area contributed by atoms with Gasteiger partial charge in [-0.15, -0.1) is 0 Å². The summed E-state index contributed by atoms with van der Waals surface area (Å²) in [5.41, 5.74) is 0.770. The van der Waals surface area contributed by atoms with Crippen LogP contribution in [0.15, 0.2) is 84.4 Å². The third-order valence-corrected chi connectivity index (χ3v) is 12.7. The fraction of sp³-hybridized carbons (Fsp3) is 0.486. The largest absolute Gasteiger partial charge is 0.494 e. The standard InChI is InChI=1S/C35H48BNO7Si/c1-25(45(6,7)8)35(42-24-27-17-13-10-14-18-27)20-19-29(36-43-33(2,3)34(4,5)44-36)21-28(35)22-30(31(38)39)37-32(40)41-23-26-15-11-9-12-16-26/h9-21,25,28,30H,22-24H2,1-8H3,(H,37,40)(H,38,39). The molecule has 1 saturated heterocycles. The Kier molecular flexibility index (Phi) is 10.5. The summed E-state index contributed by atoms with van der Waals surface area (Å²) < 4.78 is 25.1. The average molecular weight is 634 g/mol. The van der Waals surface area contributed by atoms with Crippen LogP contribution in [0.1, 0.15) is 52.2 Å². The van der Waals surface area contributed by atoms with Crippen LogP contribution in [-0.2, 0) is 36.8 Å². The van der Waals surface area contributed by atoms with Gasteiger partial charge in [0.2, 0.25) is 0 Å². The van der Waals surface area contributed by atoms with Crippen molar-refractivity contribution < 1.29 is 33.5 Å². The molecule has 2 aromatic rings. The first-order valence-corrected chi connectivity index (χ1v) is 19.3. The van der Waals surface area contributed by atoms with Gasteiger partial charge in [-0.25, -0.2) is 9.59 Å². The van der Waals surface area contributed by atoms with Gasteiger partial charge in [0.1, 0.15) is 12.6 Å². The van der Waals surface area contributed by atoms with Gasteiger partial charge in [0.25, 0.3) is 0 Å². The number of carboxylic acid groups (broad SMARTS) is 1. The van der Waals surface area contributed by atoms with E-state index >= 15 is 0 Å². The van der Waals surface area contributed by atoms with Crippen molar-refractivity contribution in [2.45, 2.75) is 102 Å². The van der Waals surface area contributed by atoms with Crippen molar-refractivity contribution in [2.75, 3.05) is 0 Å². The fourth-order valence-electron chi connectivity index (χ4n) is 5.74. The molecule has 0 radical (unpaired) electrons. The molecule has 4 rings (SSSR count). The minimum atomic E-state index is -1.89. The van der Waals surface area contributed by atoms with Gasteiger partial charge < -0.3 is 29.2 Å². The van der Waals surface area contributed by atoms with Crippen LogP contribution in [0.25, 0.3) is 0 Å². The van der Waals surface area contributed by atoms with Gasteiger partial charge >= 0.3 is 19.2 Å². The number of rotatable bonds is 12. The highest BCUT2D eigenvalue weighted by atomic mass is 28.3. The number of carbonyl (C=O) groups is 2. The number of nitrogens with one attached hydrogen (secondary N) is 1. The van der Waals surface area contributed by atoms with Gasteiger partial charge in [0, 0.05) is 5.92 Å². The molecule has 2 N–H and O–H groups in total. The van der Waals surface area contributed by atoms with Crippen LogP contribution in [0.5, 0.6) is 0 Å². The normalized spacial score (nSPS) is 23.6. The van der Waals surface area contributed by atoms with Crippen molar-refractivity contribution in [1.82, 2.24) is 5.32 Å². The summed E-state index contributed by atoms with van der Waals surface area (Å²) in [7, 11) is -2.52. The molecule has 0 aromatic heterocycles. The van der Waals surface area contributed by atoms with E-state index in [2.05, 4.69) is 38.0 Å². The maximum Gasteiger partial charge on any atom is 0.494 e. The van der Waals surface area contributed by atoms with E-state index in [1.807, 2.05) is 101 Å². The summed E-state index contributed by atoms with van der Waals surface area (Å²) in [6.45, 7) is 17.5. The molecule has 1 aliphatic heterocycles. The van der Waals surface area contributed by atoms with Gasteiger partial charge in [-0.3, -0.25) is 0 Å². The van der Waals surface area contributed by atoms with Gasteiger partial charge in [-0.1, -0.05) is 105 Å². The molecule has 1 fully saturated rings. The molecule has 45 heavy (non-hydrogen) atoms. The molecule has 2 aromatic carbocycles. The second-order valence-corrected chi connectivity index (χ2v) is 19.8. The van der Waals surface area contributed by atoms with Crippen molar-refractivity contribution >= 4 is 27.3 Å². The Morgan fingerprint density at radius 1 is 0.933 bits per heavy atom. The Labute approximate surface area is 269 Å². The number of hydrogen-bond acceptors (Lipinski definition) is 6. The van der Waals surface area contributed by atoms with Gasteiger partial charge in [0.05, 0.1) is 31.5 Å². The highest BCUT2D eigenvalue weighted by Crippen LogP contribution is 2.49. The summed E-state index contributed by atoms with van der Waals surface area (Å²) in [4.78, 5) is 25.5. The molecule has 0 bridgehead atoms. The van der Waals surface area contributed by atoms with E-state index in [0.717, 1.165) is 16.6 Å². The summed E-state index contributed by atoms with van der Waals surface area (Å²) in [6, 6.07) is 18.0. The Morgan fingerprint density at radius 2 is 1.47 bits per heavy atom. The SMILES string of the molecule is CC(C1(OCc2ccccc2)C=CC(B2OC(C)(C)C(C)(C)O2)=CC1CC(NC(=O)OCc1ccccc1)C(=O)O)[Si](C)(C)C. The summed E-state index contributed by atoms with van der Waals surface area (Å²) in [5.74, 6) is -1.58. The van der Waals surface area contributed by atoms with E-state index in [-0.39, 0.29) is 18.6 Å². The number of carboxylic acids is 1. The number of amides is 1. The molecule has 8 nitrogen and oxygen atoms in total. The summed E-state index contributed by atoms with van der Waals surface area (Å²) in [6.07, 6.45) is 5.42. The quantitative estimate of drug-likeness (QED) is 0.239. The van der Waals surface area contributed by atoms with Crippen molar-refractivity contribution in [3.8, 4) is 0 Å². The Morgan fingerprint density at radius 3 is 1.98 bits per heavy atom. The van der Waals surface area contributed by atoms with Gasteiger partial charge in [-0.2, -0.15) is 0 Å². The zero-order valence-electron chi connectivity index (χ0n) is 27.8. The summed E-state index contributed by atoms with van der Waals surface area (Å²) in [5, 5.41) is 13.0. The molecule has 1 amide bonds.